The molecule has 1 aromatic heterocycles. The molecule has 112 valence electrons. The van der Waals surface area contributed by atoms with Crippen molar-refractivity contribution in [3.05, 3.63) is 16.1 Å². The van der Waals surface area contributed by atoms with Crippen LogP contribution in [0.3, 0.4) is 0 Å². The Labute approximate surface area is 128 Å². The first-order valence-corrected chi connectivity index (χ1v) is 7.49. The van der Waals surface area contributed by atoms with Crippen LogP contribution < -0.4 is 10.6 Å². The van der Waals surface area contributed by atoms with E-state index >= 15 is 0 Å². The summed E-state index contributed by atoms with van der Waals surface area (Å²) in [6.07, 6.45) is 1.01. The highest BCUT2D eigenvalue weighted by Gasteiger charge is 2.15. The Balaban J connectivity index is 1.98. The third kappa shape index (κ3) is 4.38. The summed E-state index contributed by atoms with van der Waals surface area (Å²) in [4.78, 5) is 4.41. The highest BCUT2D eigenvalue weighted by Crippen LogP contribution is 2.29. The van der Waals surface area contributed by atoms with E-state index in [-0.39, 0.29) is 6.10 Å². The first kappa shape index (κ1) is 15.6. The average molecular weight is 320 g/mol. The maximum absolute atomic E-state index is 6.14. The van der Waals surface area contributed by atoms with Crippen molar-refractivity contribution < 1.29 is 9.47 Å². The summed E-state index contributed by atoms with van der Waals surface area (Å²) in [5, 5.41) is 7.36. The molecule has 1 aliphatic heterocycles. The Morgan fingerprint density at radius 2 is 2.00 bits per heavy atom. The van der Waals surface area contributed by atoms with Crippen LogP contribution in [0.4, 0.5) is 11.6 Å². The summed E-state index contributed by atoms with van der Waals surface area (Å²) in [6.45, 7) is 5.35. The Morgan fingerprint density at radius 1 is 1.25 bits per heavy atom. The molecule has 0 amide bonds. The molecule has 0 saturated carbocycles. The van der Waals surface area contributed by atoms with E-state index < -0.39 is 0 Å². The van der Waals surface area contributed by atoms with Gasteiger partial charge in [-0.25, -0.2) is 4.98 Å². The van der Waals surface area contributed by atoms with Crippen LogP contribution in [-0.4, -0.2) is 44.0 Å². The number of aromatic nitrogens is 1. The molecule has 20 heavy (non-hydrogen) atoms. The number of halogens is 2. The first-order chi connectivity index (χ1) is 9.70. The molecule has 1 unspecified atom stereocenters. The second-order valence-corrected chi connectivity index (χ2v) is 5.34. The maximum Gasteiger partial charge on any atom is 0.147 e. The fourth-order valence-corrected chi connectivity index (χ4v) is 2.32. The van der Waals surface area contributed by atoms with E-state index in [0.29, 0.717) is 48.0 Å². The average Bonchev–Trinajstić information content (AvgIpc) is 2.46. The van der Waals surface area contributed by atoms with Gasteiger partial charge in [0.15, 0.2) is 0 Å². The smallest absolute Gasteiger partial charge is 0.147 e. The van der Waals surface area contributed by atoms with E-state index in [2.05, 4.69) is 22.5 Å². The normalized spacial score (nSPS) is 18.9. The van der Waals surface area contributed by atoms with Crippen LogP contribution >= 0.6 is 23.2 Å². The van der Waals surface area contributed by atoms with Crippen molar-refractivity contribution in [2.45, 2.75) is 19.4 Å². The second-order valence-electron chi connectivity index (χ2n) is 4.52. The molecule has 0 bridgehead atoms. The van der Waals surface area contributed by atoms with Gasteiger partial charge in [0.05, 0.1) is 36.0 Å². The molecule has 2 heterocycles. The van der Waals surface area contributed by atoms with Gasteiger partial charge in [0.25, 0.3) is 0 Å². The zero-order valence-electron chi connectivity index (χ0n) is 11.4. The van der Waals surface area contributed by atoms with Gasteiger partial charge in [-0.2, -0.15) is 0 Å². The van der Waals surface area contributed by atoms with E-state index in [9.17, 15) is 0 Å². The van der Waals surface area contributed by atoms with Crippen LogP contribution in [0.25, 0.3) is 0 Å². The number of nitrogens with one attached hydrogen (secondary N) is 2. The monoisotopic (exact) mass is 319 g/mol. The Bertz CT molecular complexity index is 440. The van der Waals surface area contributed by atoms with E-state index in [4.69, 9.17) is 32.7 Å². The minimum absolute atomic E-state index is 0.0179. The summed E-state index contributed by atoms with van der Waals surface area (Å²) in [5.74, 6) is 1.24. The minimum Gasteiger partial charge on any atom is -0.376 e. The van der Waals surface area contributed by atoms with Gasteiger partial charge in [0.2, 0.25) is 0 Å². The summed E-state index contributed by atoms with van der Waals surface area (Å²) < 4.78 is 10.9. The molecule has 5 nitrogen and oxygen atoms in total. The van der Waals surface area contributed by atoms with Gasteiger partial charge in [0, 0.05) is 13.1 Å². The van der Waals surface area contributed by atoms with Gasteiger partial charge in [-0.1, -0.05) is 30.1 Å². The number of nitrogens with zero attached hydrogens (tertiary/aromatic N) is 1. The highest BCUT2D eigenvalue weighted by molar-refractivity contribution is 6.37. The molecule has 2 rings (SSSR count). The van der Waals surface area contributed by atoms with Crippen LogP contribution in [0.1, 0.15) is 13.3 Å². The summed E-state index contributed by atoms with van der Waals surface area (Å²) in [7, 11) is 0. The van der Waals surface area contributed by atoms with Crippen LogP contribution in [0.2, 0.25) is 10.0 Å². The van der Waals surface area contributed by atoms with E-state index in [1.807, 2.05) is 0 Å². The van der Waals surface area contributed by atoms with Crippen LogP contribution in [0.15, 0.2) is 6.07 Å². The molecule has 1 fully saturated rings. The van der Waals surface area contributed by atoms with E-state index in [0.717, 1.165) is 13.0 Å². The number of anilines is 2. The summed E-state index contributed by atoms with van der Waals surface area (Å²) >= 11 is 12.2. The summed E-state index contributed by atoms with van der Waals surface area (Å²) in [6, 6.07) is 1.69. The third-order valence-electron chi connectivity index (χ3n) is 2.85. The van der Waals surface area contributed by atoms with Crippen molar-refractivity contribution >= 4 is 34.8 Å². The largest absolute Gasteiger partial charge is 0.376 e. The molecule has 1 atom stereocenters. The topological polar surface area (TPSA) is 55.4 Å². The molecule has 7 heteroatoms. The first-order valence-electron chi connectivity index (χ1n) is 6.73. The predicted octanol–water partition coefficient (Wildman–Crippen LogP) is 3.04. The zero-order valence-corrected chi connectivity index (χ0v) is 12.9. The lowest BCUT2D eigenvalue weighted by Crippen LogP contribution is -2.34. The predicted molar refractivity (Wildman–Crippen MR) is 82.1 cm³/mol. The van der Waals surface area contributed by atoms with Crippen LogP contribution in [0, 0.1) is 0 Å². The fraction of sp³-hybridized carbons (Fsp3) is 0.615. The Hall–Kier alpha value is -0.750. The van der Waals surface area contributed by atoms with Crippen molar-refractivity contribution in [1.82, 2.24) is 4.98 Å². The number of pyridine rings is 1. The quantitative estimate of drug-likeness (QED) is 0.844. The van der Waals surface area contributed by atoms with E-state index in [1.165, 1.54) is 0 Å². The Morgan fingerprint density at radius 3 is 2.65 bits per heavy atom. The lowest BCUT2D eigenvalue weighted by Gasteiger charge is -2.23. The number of rotatable bonds is 6. The summed E-state index contributed by atoms with van der Waals surface area (Å²) in [5.41, 5.74) is 0. The highest BCUT2D eigenvalue weighted by atomic mass is 35.5. The molecule has 1 aromatic rings. The lowest BCUT2D eigenvalue weighted by molar-refractivity contribution is -0.0819. The molecule has 0 spiro atoms. The molecule has 0 radical (unpaired) electrons. The maximum atomic E-state index is 6.14. The Kier molecular flexibility index (Phi) is 6.16. The molecular weight excluding hydrogens is 301 g/mol. The van der Waals surface area contributed by atoms with Crippen LogP contribution in [0.5, 0.6) is 0 Å². The third-order valence-corrected chi connectivity index (χ3v) is 3.43. The van der Waals surface area contributed by atoms with Crippen molar-refractivity contribution in [1.29, 1.82) is 0 Å². The van der Waals surface area contributed by atoms with Gasteiger partial charge in [0.1, 0.15) is 11.6 Å². The molecule has 1 aliphatic rings. The second kappa shape index (κ2) is 7.88. The van der Waals surface area contributed by atoms with Crippen molar-refractivity contribution in [3.8, 4) is 0 Å². The van der Waals surface area contributed by atoms with Gasteiger partial charge >= 0.3 is 0 Å². The lowest BCUT2D eigenvalue weighted by atomic mass is 10.3. The molecule has 0 aliphatic carbocycles. The van der Waals surface area contributed by atoms with Gasteiger partial charge < -0.3 is 20.1 Å². The molecule has 0 aromatic carbocycles. The number of hydrogen-bond donors (Lipinski definition) is 2. The number of hydrogen-bond acceptors (Lipinski definition) is 5. The van der Waals surface area contributed by atoms with Gasteiger partial charge in [-0.05, 0) is 12.5 Å². The number of ether oxygens (including phenoxy) is 2. The zero-order chi connectivity index (χ0) is 14.4. The van der Waals surface area contributed by atoms with Gasteiger partial charge in [-0.15, -0.1) is 0 Å². The van der Waals surface area contributed by atoms with Crippen LogP contribution in [-0.2, 0) is 9.47 Å². The minimum atomic E-state index is 0.0179. The van der Waals surface area contributed by atoms with Crippen molar-refractivity contribution in [2.24, 2.45) is 0 Å². The standard InChI is InChI=1S/C13H19Cl2N3O2/c1-2-3-16-12-10(14)6-11(15)13(18-12)17-7-9-8-19-4-5-20-9/h6,9H,2-5,7-8H2,1H3,(H2,16,17,18). The molecular formula is C13H19Cl2N3O2. The van der Waals surface area contributed by atoms with Crippen molar-refractivity contribution in [2.75, 3.05) is 43.5 Å². The SMILES string of the molecule is CCCNc1nc(NCC2COCCO2)c(Cl)cc1Cl. The van der Waals surface area contributed by atoms with Crippen molar-refractivity contribution in [3.63, 3.8) is 0 Å². The van der Waals surface area contributed by atoms with E-state index in [1.54, 1.807) is 6.07 Å². The fourth-order valence-electron chi connectivity index (χ4n) is 1.82. The molecule has 1 saturated heterocycles. The molecule has 2 N–H and O–H groups in total. The van der Waals surface area contributed by atoms with Gasteiger partial charge in [-0.3, -0.25) is 0 Å².